The molecule has 94 valence electrons. The first kappa shape index (κ1) is 12.8. The van der Waals surface area contributed by atoms with Gasteiger partial charge >= 0.3 is 0 Å². The smallest absolute Gasteiger partial charge is 0.0731 e. The summed E-state index contributed by atoms with van der Waals surface area (Å²) in [4.78, 5) is 0. The molecule has 0 spiro atoms. The Morgan fingerprint density at radius 2 is 2.11 bits per heavy atom. The molecule has 1 aliphatic rings. The Morgan fingerprint density at radius 1 is 1.17 bits per heavy atom. The van der Waals surface area contributed by atoms with Gasteiger partial charge in [-0.1, -0.05) is 12.1 Å². The standard InChI is InChI=1S/C13H14N4.ClH/c1-2-10-4-6-14-9-12(10)13(3-1)17-11-5-7-15-16-8-11;/h1-3,5,7-8,14H,4,6,9H2,(H,15,17);1H. The summed E-state index contributed by atoms with van der Waals surface area (Å²) in [5.41, 5.74) is 4.91. The van der Waals surface area contributed by atoms with Crippen LogP contribution in [-0.2, 0) is 13.0 Å². The van der Waals surface area contributed by atoms with Crippen LogP contribution in [0.1, 0.15) is 11.1 Å². The maximum atomic E-state index is 3.86. The van der Waals surface area contributed by atoms with Crippen molar-refractivity contribution in [1.82, 2.24) is 15.5 Å². The molecule has 0 fully saturated rings. The van der Waals surface area contributed by atoms with E-state index in [1.54, 1.807) is 12.4 Å². The average Bonchev–Trinajstić information content (AvgIpc) is 2.40. The van der Waals surface area contributed by atoms with Gasteiger partial charge in [0, 0.05) is 12.2 Å². The second-order valence-corrected chi connectivity index (χ2v) is 4.13. The highest BCUT2D eigenvalue weighted by Crippen LogP contribution is 2.25. The molecule has 3 rings (SSSR count). The zero-order chi connectivity index (χ0) is 11.5. The van der Waals surface area contributed by atoms with Gasteiger partial charge in [0.15, 0.2) is 0 Å². The average molecular weight is 263 g/mol. The number of aromatic nitrogens is 2. The van der Waals surface area contributed by atoms with E-state index >= 15 is 0 Å². The summed E-state index contributed by atoms with van der Waals surface area (Å²) in [6, 6.07) is 8.32. The minimum atomic E-state index is 0. The Balaban J connectivity index is 0.00000120. The summed E-state index contributed by atoms with van der Waals surface area (Å²) in [5, 5.41) is 14.4. The molecule has 0 radical (unpaired) electrons. The summed E-state index contributed by atoms with van der Waals surface area (Å²) in [5.74, 6) is 0. The molecule has 0 bridgehead atoms. The number of nitrogens with zero attached hydrogens (tertiary/aromatic N) is 2. The molecule has 18 heavy (non-hydrogen) atoms. The third-order valence-electron chi connectivity index (χ3n) is 3.01. The Labute approximate surface area is 112 Å². The summed E-state index contributed by atoms with van der Waals surface area (Å²) >= 11 is 0. The first-order valence-electron chi connectivity index (χ1n) is 5.79. The number of benzene rings is 1. The lowest BCUT2D eigenvalue weighted by molar-refractivity contribution is 0.645. The van der Waals surface area contributed by atoms with Crippen LogP contribution >= 0.6 is 12.4 Å². The van der Waals surface area contributed by atoms with Crippen LogP contribution in [0.3, 0.4) is 0 Å². The molecule has 0 saturated carbocycles. The number of anilines is 2. The zero-order valence-electron chi connectivity index (χ0n) is 9.89. The van der Waals surface area contributed by atoms with Crippen LogP contribution in [0.25, 0.3) is 0 Å². The topological polar surface area (TPSA) is 49.8 Å². The fourth-order valence-electron chi connectivity index (χ4n) is 2.15. The van der Waals surface area contributed by atoms with E-state index in [2.05, 4.69) is 39.0 Å². The van der Waals surface area contributed by atoms with Crippen molar-refractivity contribution in [2.45, 2.75) is 13.0 Å². The largest absolute Gasteiger partial charge is 0.354 e. The number of fused-ring (bicyclic) bond motifs is 1. The van der Waals surface area contributed by atoms with E-state index in [0.717, 1.165) is 30.9 Å². The van der Waals surface area contributed by atoms with E-state index in [0.29, 0.717) is 0 Å². The van der Waals surface area contributed by atoms with Crippen molar-refractivity contribution in [2.24, 2.45) is 0 Å². The fourth-order valence-corrected chi connectivity index (χ4v) is 2.15. The van der Waals surface area contributed by atoms with Gasteiger partial charge in [0.25, 0.3) is 0 Å². The normalized spacial score (nSPS) is 13.3. The Kier molecular flexibility index (Phi) is 4.12. The lowest BCUT2D eigenvalue weighted by Gasteiger charge is -2.20. The molecule has 0 unspecified atom stereocenters. The monoisotopic (exact) mass is 262 g/mol. The molecule has 0 aliphatic carbocycles. The highest BCUT2D eigenvalue weighted by atomic mass is 35.5. The van der Waals surface area contributed by atoms with Crippen LogP contribution in [0.4, 0.5) is 11.4 Å². The van der Waals surface area contributed by atoms with E-state index < -0.39 is 0 Å². The van der Waals surface area contributed by atoms with Gasteiger partial charge in [-0.3, -0.25) is 0 Å². The summed E-state index contributed by atoms with van der Waals surface area (Å²) in [6.07, 6.45) is 4.52. The molecule has 2 aromatic rings. The van der Waals surface area contributed by atoms with Gasteiger partial charge in [-0.25, -0.2) is 0 Å². The molecule has 2 N–H and O–H groups in total. The van der Waals surface area contributed by atoms with Gasteiger partial charge in [-0.2, -0.15) is 10.2 Å². The third kappa shape index (κ3) is 2.60. The van der Waals surface area contributed by atoms with Gasteiger partial charge in [-0.15, -0.1) is 12.4 Å². The van der Waals surface area contributed by atoms with Gasteiger partial charge in [0.1, 0.15) is 0 Å². The molecule has 0 amide bonds. The van der Waals surface area contributed by atoms with Crippen molar-refractivity contribution >= 4 is 23.8 Å². The molecule has 2 heterocycles. The van der Waals surface area contributed by atoms with Crippen molar-refractivity contribution in [2.75, 3.05) is 11.9 Å². The van der Waals surface area contributed by atoms with Crippen LogP contribution in [0.15, 0.2) is 36.7 Å². The molecular formula is C13H15ClN4. The van der Waals surface area contributed by atoms with Crippen molar-refractivity contribution in [3.63, 3.8) is 0 Å². The van der Waals surface area contributed by atoms with Crippen LogP contribution in [0.5, 0.6) is 0 Å². The number of halogens is 1. The van der Waals surface area contributed by atoms with Gasteiger partial charge in [-0.05, 0) is 36.2 Å². The second-order valence-electron chi connectivity index (χ2n) is 4.13. The van der Waals surface area contributed by atoms with Crippen molar-refractivity contribution in [3.8, 4) is 0 Å². The number of hydrogen-bond donors (Lipinski definition) is 2. The molecule has 0 atom stereocenters. The van der Waals surface area contributed by atoms with Crippen molar-refractivity contribution < 1.29 is 0 Å². The third-order valence-corrected chi connectivity index (χ3v) is 3.01. The van der Waals surface area contributed by atoms with Gasteiger partial charge in [0.2, 0.25) is 0 Å². The van der Waals surface area contributed by atoms with E-state index in [1.807, 2.05) is 6.07 Å². The van der Waals surface area contributed by atoms with E-state index in [4.69, 9.17) is 0 Å². The van der Waals surface area contributed by atoms with Crippen LogP contribution < -0.4 is 10.6 Å². The maximum Gasteiger partial charge on any atom is 0.0731 e. The van der Waals surface area contributed by atoms with Gasteiger partial charge < -0.3 is 10.6 Å². The molecular weight excluding hydrogens is 248 g/mol. The number of rotatable bonds is 2. The first-order valence-corrected chi connectivity index (χ1v) is 5.79. The second kappa shape index (κ2) is 5.80. The van der Waals surface area contributed by atoms with Crippen LogP contribution in [0.2, 0.25) is 0 Å². The summed E-state index contributed by atoms with van der Waals surface area (Å²) in [6.45, 7) is 1.99. The van der Waals surface area contributed by atoms with Crippen molar-refractivity contribution in [1.29, 1.82) is 0 Å². The Bertz CT molecular complexity index is 516. The minimum Gasteiger partial charge on any atom is -0.354 e. The van der Waals surface area contributed by atoms with Crippen LogP contribution in [-0.4, -0.2) is 16.7 Å². The SMILES string of the molecule is Cl.c1cc2c(c(Nc3ccnnc3)c1)CNCC2. The van der Waals surface area contributed by atoms with Crippen LogP contribution in [0, 0.1) is 0 Å². The van der Waals surface area contributed by atoms with E-state index in [1.165, 1.54) is 11.1 Å². The quantitative estimate of drug-likeness (QED) is 0.872. The lowest BCUT2D eigenvalue weighted by Crippen LogP contribution is -2.24. The maximum absolute atomic E-state index is 3.86. The minimum absolute atomic E-state index is 0. The number of nitrogens with one attached hydrogen (secondary N) is 2. The predicted molar refractivity (Wildman–Crippen MR) is 74.4 cm³/mol. The van der Waals surface area contributed by atoms with E-state index in [-0.39, 0.29) is 12.4 Å². The van der Waals surface area contributed by atoms with Gasteiger partial charge in [0.05, 0.1) is 18.1 Å². The summed E-state index contributed by atoms with van der Waals surface area (Å²) in [7, 11) is 0. The van der Waals surface area contributed by atoms with E-state index in [9.17, 15) is 0 Å². The Morgan fingerprint density at radius 3 is 2.94 bits per heavy atom. The highest BCUT2D eigenvalue weighted by Gasteiger charge is 2.12. The fraction of sp³-hybridized carbons (Fsp3) is 0.231. The molecule has 1 aromatic carbocycles. The molecule has 1 aromatic heterocycles. The molecule has 0 saturated heterocycles. The molecule has 4 nitrogen and oxygen atoms in total. The molecule has 1 aliphatic heterocycles. The highest BCUT2D eigenvalue weighted by molar-refractivity contribution is 5.85. The lowest BCUT2D eigenvalue weighted by atomic mass is 9.99. The zero-order valence-corrected chi connectivity index (χ0v) is 10.7. The Hall–Kier alpha value is -1.65. The first-order chi connectivity index (χ1) is 8.43. The predicted octanol–water partition coefficient (Wildman–Crippen LogP) is 2.29. The summed E-state index contributed by atoms with van der Waals surface area (Å²) < 4.78 is 0. The van der Waals surface area contributed by atoms with Crippen molar-refractivity contribution in [3.05, 3.63) is 47.8 Å². The molecule has 5 heteroatoms. The number of hydrogen-bond acceptors (Lipinski definition) is 4.